The normalized spacial score (nSPS) is 14.0. The molecule has 2 atom stereocenters. The van der Waals surface area contributed by atoms with Crippen LogP contribution in [0.25, 0.3) is 0 Å². The van der Waals surface area contributed by atoms with Crippen molar-refractivity contribution in [1.29, 1.82) is 5.26 Å². The first-order valence-electron chi connectivity index (χ1n) is 7.61. The molecule has 0 radical (unpaired) electrons. The molecule has 0 aliphatic heterocycles. The second-order valence-corrected chi connectivity index (χ2v) is 7.09. The van der Waals surface area contributed by atoms with Crippen molar-refractivity contribution in [2.75, 3.05) is 0 Å². The van der Waals surface area contributed by atoms with Crippen LogP contribution >= 0.6 is 0 Å². The maximum atomic E-state index is 13.1. The highest BCUT2D eigenvalue weighted by atomic mass is 32.2. The molecular weight excluding hydrogens is 314 g/mol. The number of terminal acetylenes is 1. The van der Waals surface area contributed by atoms with Gasteiger partial charge in [0.2, 0.25) is 0 Å². The Morgan fingerprint density at radius 3 is 2.50 bits per heavy atom. The molecule has 120 valence electrons. The van der Waals surface area contributed by atoms with Crippen molar-refractivity contribution in [2.45, 2.75) is 35.0 Å². The molecule has 0 bridgehead atoms. The summed E-state index contributed by atoms with van der Waals surface area (Å²) in [5.74, 6) is 2.59. The fourth-order valence-corrected chi connectivity index (χ4v) is 3.96. The average molecular weight is 333 g/mol. The zero-order valence-corrected chi connectivity index (χ0v) is 14.5. The highest BCUT2D eigenvalue weighted by Gasteiger charge is 2.33. The molecule has 0 saturated carbocycles. The molecule has 0 saturated heterocycles. The Hall–Kier alpha value is -2.62. The molecule has 3 heteroatoms. The Morgan fingerprint density at radius 2 is 1.92 bits per heavy atom. The number of aryl methyl sites for hydroxylation is 1. The van der Waals surface area contributed by atoms with E-state index in [0.717, 1.165) is 5.56 Å². The van der Waals surface area contributed by atoms with E-state index in [1.54, 1.807) is 12.1 Å². The molecule has 0 spiro atoms. The molecule has 0 aliphatic carbocycles. The Kier molecular flexibility index (Phi) is 5.74. The van der Waals surface area contributed by atoms with Gasteiger partial charge in [0.15, 0.2) is 0 Å². The van der Waals surface area contributed by atoms with Crippen LogP contribution in [-0.4, -0.2) is 4.21 Å². The van der Waals surface area contributed by atoms with Gasteiger partial charge in [-0.3, -0.25) is 0 Å². The van der Waals surface area contributed by atoms with Gasteiger partial charge in [-0.15, -0.1) is 18.9 Å². The monoisotopic (exact) mass is 333 g/mol. The zero-order valence-electron chi connectivity index (χ0n) is 13.7. The number of benzene rings is 2. The Balaban J connectivity index is 2.60. The molecule has 2 aromatic rings. The minimum Gasteiger partial charge on any atom is -0.249 e. The minimum atomic E-state index is -1.38. The average Bonchev–Trinajstić information content (AvgIpc) is 2.61. The van der Waals surface area contributed by atoms with Crippen molar-refractivity contribution in [3.8, 4) is 18.4 Å². The van der Waals surface area contributed by atoms with E-state index in [1.165, 1.54) is 0 Å². The Morgan fingerprint density at radius 1 is 1.25 bits per heavy atom. The summed E-state index contributed by atoms with van der Waals surface area (Å²) in [6, 6.07) is 17.2. The molecule has 0 fully saturated rings. The van der Waals surface area contributed by atoms with Crippen LogP contribution in [0.3, 0.4) is 0 Å². The quantitative estimate of drug-likeness (QED) is 0.576. The lowest BCUT2D eigenvalue weighted by Gasteiger charge is -2.26. The summed E-state index contributed by atoms with van der Waals surface area (Å²) in [5.41, 5.74) is 0.909. The predicted octanol–water partition coefficient (Wildman–Crippen LogP) is 4.52. The summed E-state index contributed by atoms with van der Waals surface area (Å²) in [6.07, 6.45) is 7.85. The van der Waals surface area contributed by atoms with E-state index in [-0.39, 0.29) is 6.42 Å². The Bertz CT molecular complexity index is 839. The van der Waals surface area contributed by atoms with E-state index in [9.17, 15) is 9.47 Å². The predicted molar refractivity (Wildman–Crippen MR) is 97.9 cm³/mol. The number of nitrogens with zero attached hydrogens (tertiary/aromatic N) is 1. The van der Waals surface area contributed by atoms with Crippen LogP contribution in [0.1, 0.15) is 24.0 Å². The highest BCUT2D eigenvalue weighted by molar-refractivity contribution is 7.85. The van der Waals surface area contributed by atoms with Crippen LogP contribution in [0.4, 0.5) is 0 Å². The lowest BCUT2D eigenvalue weighted by molar-refractivity contribution is 0.561. The van der Waals surface area contributed by atoms with Gasteiger partial charge < -0.3 is 0 Å². The van der Waals surface area contributed by atoms with Gasteiger partial charge in [-0.25, -0.2) is 4.21 Å². The summed E-state index contributed by atoms with van der Waals surface area (Å²) in [4.78, 5) is 1.33. The standard InChI is InChI=1S/C21H19NOS/c1-4-14-21(16-22,15-5-2)19-8-6-7-9-20(19)24(23)18-12-10-17(3)11-13-18/h1,5-13H,2,14-15H2,3H3/t21-,24?/m0/s1. The number of nitriles is 1. The van der Waals surface area contributed by atoms with E-state index in [0.29, 0.717) is 21.8 Å². The maximum Gasteiger partial charge on any atom is 0.0976 e. The topological polar surface area (TPSA) is 40.9 Å². The smallest absolute Gasteiger partial charge is 0.0976 e. The molecule has 0 aromatic heterocycles. The maximum absolute atomic E-state index is 13.1. The fourth-order valence-electron chi connectivity index (χ4n) is 2.66. The van der Waals surface area contributed by atoms with Gasteiger partial charge in [-0.1, -0.05) is 42.0 Å². The van der Waals surface area contributed by atoms with Gasteiger partial charge in [0, 0.05) is 16.2 Å². The number of rotatable bonds is 6. The van der Waals surface area contributed by atoms with Crippen LogP contribution in [0.2, 0.25) is 0 Å². The first-order valence-corrected chi connectivity index (χ1v) is 8.76. The van der Waals surface area contributed by atoms with Gasteiger partial charge in [-0.2, -0.15) is 5.26 Å². The number of allylic oxidation sites excluding steroid dienone is 1. The fraction of sp³-hybridized carbons (Fsp3) is 0.190. The van der Waals surface area contributed by atoms with Gasteiger partial charge in [0.25, 0.3) is 0 Å². The van der Waals surface area contributed by atoms with E-state index in [4.69, 9.17) is 6.42 Å². The lowest BCUT2D eigenvalue weighted by Crippen LogP contribution is -2.25. The molecular formula is C21H19NOS. The van der Waals surface area contributed by atoms with E-state index >= 15 is 0 Å². The molecule has 1 unspecified atom stereocenters. The third kappa shape index (κ3) is 3.48. The molecule has 0 N–H and O–H groups in total. The number of hydrogen-bond donors (Lipinski definition) is 0. The van der Waals surface area contributed by atoms with E-state index in [2.05, 4.69) is 18.6 Å². The third-order valence-corrected chi connectivity index (χ3v) is 5.40. The van der Waals surface area contributed by atoms with Crippen molar-refractivity contribution >= 4 is 10.8 Å². The van der Waals surface area contributed by atoms with Crippen molar-refractivity contribution < 1.29 is 4.21 Å². The van der Waals surface area contributed by atoms with Gasteiger partial charge in [-0.05, 0) is 37.1 Å². The Labute approximate surface area is 146 Å². The van der Waals surface area contributed by atoms with Crippen molar-refractivity contribution in [3.63, 3.8) is 0 Å². The molecule has 2 rings (SSSR count). The second kappa shape index (κ2) is 7.77. The first-order chi connectivity index (χ1) is 11.6. The van der Waals surface area contributed by atoms with E-state index < -0.39 is 16.2 Å². The number of hydrogen-bond acceptors (Lipinski definition) is 2. The van der Waals surface area contributed by atoms with Crippen LogP contribution in [0, 0.1) is 30.6 Å². The van der Waals surface area contributed by atoms with Gasteiger partial charge in [0.1, 0.15) is 0 Å². The highest BCUT2D eigenvalue weighted by Crippen LogP contribution is 2.36. The molecule has 0 aliphatic rings. The zero-order chi connectivity index (χ0) is 17.6. The minimum absolute atomic E-state index is 0.248. The molecule has 24 heavy (non-hydrogen) atoms. The summed E-state index contributed by atoms with van der Waals surface area (Å²) in [5, 5.41) is 9.81. The molecule has 0 heterocycles. The lowest BCUT2D eigenvalue weighted by atomic mass is 9.76. The summed E-state index contributed by atoms with van der Waals surface area (Å²) in [6.45, 7) is 5.73. The summed E-state index contributed by atoms with van der Waals surface area (Å²) >= 11 is 0. The third-order valence-electron chi connectivity index (χ3n) is 3.95. The largest absolute Gasteiger partial charge is 0.249 e. The van der Waals surface area contributed by atoms with Gasteiger partial charge >= 0.3 is 0 Å². The summed E-state index contributed by atoms with van der Waals surface area (Å²) in [7, 11) is -1.38. The van der Waals surface area contributed by atoms with Crippen LogP contribution < -0.4 is 0 Å². The van der Waals surface area contributed by atoms with Crippen molar-refractivity contribution in [1.82, 2.24) is 0 Å². The first kappa shape index (κ1) is 17.7. The van der Waals surface area contributed by atoms with Crippen LogP contribution in [-0.2, 0) is 16.2 Å². The molecule has 2 aromatic carbocycles. The molecule has 0 amide bonds. The van der Waals surface area contributed by atoms with Gasteiger partial charge in [0.05, 0.1) is 22.3 Å². The molecule has 2 nitrogen and oxygen atoms in total. The van der Waals surface area contributed by atoms with Crippen molar-refractivity contribution in [3.05, 3.63) is 72.3 Å². The summed E-state index contributed by atoms with van der Waals surface area (Å²) < 4.78 is 13.1. The SMILES string of the molecule is C#CC[C@@](C#N)(CC=C)c1ccccc1S(=O)c1ccc(C)cc1. The van der Waals surface area contributed by atoms with E-state index in [1.807, 2.05) is 49.4 Å². The van der Waals surface area contributed by atoms with Crippen LogP contribution in [0.5, 0.6) is 0 Å². The van der Waals surface area contributed by atoms with Crippen molar-refractivity contribution in [2.24, 2.45) is 0 Å². The van der Waals surface area contributed by atoms with Crippen LogP contribution in [0.15, 0.2) is 71.0 Å². The second-order valence-electron chi connectivity index (χ2n) is 5.65.